The van der Waals surface area contributed by atoms with Crippen LogP contribution in [0.3, 0.4) is 0 Å². The Bertz CT molecular complexity index is 712. The molecule has 0 aromatic heterocycles. The fraction of sp³-hybridized carbons (Fsp3) is 0.100. The summed E-state index contributed by atoms with van der Waals surface area (Å²) in [6, 6.07) is 8.51. The molecule has 0 heteroatoms. The van der Waals surface area contributed by atoms with Gasteiger partial charge in [0.15, 0.2) is 0 Å². The minimum atomic E-state index is 1.19. The standard InChI is InChI=1S/C20H20/c1-5-8-12-18-16(7-3)15(4)17(11-6-2)19-13-9-10-14-20(18)19/h5-14H,1,3H2,2,4H3/b11-6-,12-8-. The molecular weight excluding hydrogens is 240 g/mol. The molecule has 0 bridgehead atoms. The van der Waals surface area contributed by atoms with E-state index < -0.39 is 0 Å². The van der Waals surface area contributed by atoms with Gasteiger partial charge >= 0.3 is 0 Å². The Kier molecular flexibility index (Phi) is 4.37. The molecule has 0 radical (unpaired) electrons. The summed E-state index contributed by atoms with van der Waals surface area (Å²) in [5, 5.41) is 2.52. The van der Waals surface area contributed by atoms with Crippen LogP contribution in [0, 0.1) is 6.92 Å². The zero-order valence-electron chi connectivity index (χ0n) is 12.2. The maximum atomic E-state index is 3.98. The molecule has 0 fully saturated rings. The molecule has 2 aromatic carbocycles. The van der Waals surface area contributed by atoms with Gasteiger partial charge in [-0.3, -0.25) is 0 Å². The zero-order chi connectivity index (χ0) is 14.5. The molecule has 0 unspecified atom stereocenters. The molecule has 0 spiro atoms. The first-order chi connectivity index (χ1) is 9.74. The van der Waals surface area contributed by atoms with Gasteiger partial charge in [0.2, 0.25) is 0 Å². The average Bonchev–Trinajstić information content (AvgIpc) is 2.48. The van der Waals surface area contributed by atoms with Crippen LogP contribution < -0.4 is 0 Å². The van der Waals surface area contributed by atoms with Gasteiger partial charge in [0, 0.05) is 0 Å². The van der Waals surface area contributed by atoms with Gasteiger partial charge in [-0.25, -0.2) is 0 Å². The molecule has 0 saturated heterocycles. The summed E-state index contributed by atoms with van der Waals surface area (Å²) >= 11 is 0. The highest BCUT2D eigenvalue weighted by atomic mass is 14.1. The molecule has 100 valence electrons. The third kappa shape index (κ3) is 2.37. The summed E-state index contributed by atoms with van der Waals surface area (Å²) in [7, 11) is 0. The quantitative estimate of drug-likeness (QED) is 0.589. The number of benzene rings is 2. The van der Waals surface area contributed by atoms with Crippen molar-refractivity contribution < 1.29 is 0 Å². The Hall–Kier alpha value is -2.34. The van der Waals surface area contributed by atoms with E-state index in [1.807, 2.05) is 19.1 Å². The van der Waals surface area contributed by atoms with Gasteiger partial charge in [-0.05, 0) is 46.9 Å². The molecule has 2 rings (SSSR count). The Labute approximate surface area is 121 Å². The van der Waals surface area contributed by atoms with Crippen molar-refractivity contribution in [3.63, 3.8) is 0 Å². The highest BCUT2D eigenvalue weighted by molar-refractivity contribution is 6.00. The number of rotatable bonds is 4. The predicted octanol–water partition coefficient (Wildman–Crippen LogP) is 6.02. The van der Waals surface area contributed by atoms with Crippen LogP contribution in [0.25, 0.3) is 29.0 Å². The Balaban J connectivity index is 2.98. The summed E-state index contributed by atoms with van der Waals surface area (Å²) in [4.78, 5) is 0. The van der Waals surface area contributed by atoms with Crippen LogP contribution in [0.5, 0.6) is 0 Å². The first-order valence-electron chi connectivity index (χ1n) is 6.84. The van der Waals surface area contributed by atoms with E-state index in [9.17, 15) is 0 Å². The fourth-order valence-corrected chi connectivity index (χ4v) is 2.64. The lowest BCUT2D eigenvalue weighted by atomic mass is 9.89. The number of hydrogen-bond donors (Lipinski definition) is 0. The number of hydrogen-bond acceptors (Lipinski definition) is 0. The lowest BCUT2D eigenvalue weighted by Crippen LogP contribution is -1.94. The van der Waals surface area contributed by atoms with Crippen molar-refractivity contribution in [2.45, 2.75) is 13.8 Å². The van der Waals surface area contributed by atoms with E-state index in [4.69, 9.17) is 0 Å². The summed E-state index contributed by atoms with van der Waals surface area (Å²) in [6.45, 7) is 11.9. The zero-order valence-corrected chi connectivity index (χ0v) is 12.2. The van der Waals surface area contributed by atoms with E-state index in [2.05, 4.69) is 62.6 Å². The van der Waals surface area contributed by atoms with Gasteiger partial charge in [-0.15, -0.1) is 0 Å². The van der Waals surface area contributed by atoms with Crippen molar-refractivity contribution in [1.82, 2.24) is 0 Å². The molecule has 0 nitrogen and oxygen atoms in total. The molecular formula is C20H20. The molecule has 0 heterocycles. The predicted molar refractivity (Wildman–Crippen MR) is 92.7 cm³/mol. The lowest BCUT2D eigenvalue weighted by molar-refractivity contribution is 1.44. The highest BCUT2D eigenvalue weighted by Gasteiger charge is 2.11. The number of allylic oxidation sites excluding steroid dienone is 3. The van der Waals surface area contributed by atoms with E-state index in [1.165, 1.54) is 33.0 Å². The SMILES string of the molecule is C=C/C=C\c1c(C=C)c(C)c(/C=C\C)c2ccccc12. The molecule has 0 aliphatic rings. The molecule has 0 aliphatic heterocycles. The van der Waals surface area contributed by atoms with Crippen molar-refractivity contribution in [1.29, 1.82) is 0 Å². The van der Waals surface area contributed by atoms with E-state index in [0.717, 1.165) is 0 Å². The second-order valence-corrected chi connectivity index (χ2v) is 4.71. The molecule has 0 amide bonds. The van der Waals surface area contributed by atoms with Crippen LogP contribution in [-0.2, 0) is 0 Å². The van der Waals surface area contributed by atoms with E-state index in [0.29, 0.717) is 0 Å². The second kappa shape index (κ2) is 6.21. The smallest absolute Gasteiger partial charge is 0.00992 e. The molecule has 0 atom stereocenters. The Morgan fingerprint density at radius 1 is 0.900 bits per heavy atom. The lowest BCUT2D eigenvalue weighted by Gasteiger charge is -2.15. The van der Waals surface area contributed by atoms with Gasteiger partial charge < -0.3 is 0 Å². The van der Waals surface area contributed by atoms with E-state index in [-0.39, 0.29) is 0 Å². The molecule has 20 heavy (non-hydrogen) atoms. The van der Waals surface area contributed by atoms with Crippen molar-refractivity contribution in [3.8, 4) is 0 Å². The normalized spacial score (nSPS) is 11.5. The fourth-order valence-electron chi connectivity index (χ4n) is 2.64. The van der Waals surface area contributed by atoms with Crippen molar-refractivity contribution in [2.75, 3.05) is 0 Å². The second-order valence-electron chi connectivity index (χ2n) is 4.71. The summed E-state index contributed by atoms with van der Waals surface area (Å²) in [6.07, 6.45) is 12.1. The van der Waals surface area contributed by atoms with Crippen LogP contribution in [0.15, 0.2) is 55.7 Å². The maximum Gasteiger partial charge on any atom is -0.00992 e. The van der Waals surface area contributed by atoms with Gasteiger partial charge in [0.25, 0.3) is 0 Å². The third-order valence-electron chi connectivity index (χ3n) is 3.54. The van der Waals surface area contributed by atoms with Gasteiger partial charge in [0.05, 0.1) is 0 Å². The van der Waals surface area contributed by atoms with Crippen LogP contribution in [0.1, 0.15) is 29.2 Å². The number of fused-ring (bicyclic) bond motifs is 1. The molecule has 2 aromatic rings. The first kappa shape index (κ1) is 14.1. The largest absolute Gasteiger partial charge is 0.0991 e. The topological polar surface area (TPSA) is 0 Å². The van der Waals surface area contributed by atoms with Gasteiger partial charge in [0.1, 0.15) is 0 Å². The van der Waals surface area contributed by atoms with Gasteiger partial charge in [-0.2, -0.15) is 0 Å². The van der Waals surface area contributed by atoms with Gasteiger partial charge in [-0.1, -0.05) is 73.9 Å². The van der Waals surface area contributed by atoms with E-state index >= 15 is 0 Å². The first-order valence-corrected chi connectivity index (χ1v) is 6.84. The Morgan fingerprint density at radius 2 is 1.55 bits per heavy atom. The third-order valence-corrected chi connectivity index (χ3v) is 3.54. The maximum absolute atomic E-state index is 3.98. The van der Waals surface area contributed by atoms with Crippen molar-refractivity contribution in [3.05, 3.63) is 77.9 Å². The molecule has 0 N–H and O–H groups in total. The summed E-state index contributed by atoms with van der Waals surface area (Å²) in [5.74, 6) is 0. The van der Waals surface area contributed by atoms with Crippen LogP contribution in [-0.4, -0.2) is 0 Å². The van der Waals surface area contributed by atoms with Crippen LogP contribution >= 0.6 is 0 Å². The van der Waals surface area contributed by atoms with E-state index in [1.54, 1.807) is 6.08 Å². The minimum absolute atomic E-state index is 1.19. The molecule has 0 aliphatic carbocycles. The van der Waals surface area contributed by atoms with Crippen LogP contribution in [0.4, 0.5) is 0 Å². The monoisotopic (exact) mass is 260 g/mol. The average molecular weight is 260 g/mol. The van der Waals surface area contributed by atoms with Crippen molar-refractivity contribution >= 4 is 29.0 Å². The molecule has 0 saturated carbocycles. The van der Waals surface area contributed by atoms with Crippen LogP contribution in [0.2, 0.25) is 0 Å². The minimum Gasteiger partial charge on any atom is -0.0991 e. The summed E-state index contributed by atoms with van der Waals surface area (Å²) in [5.41, 5.74) is 4.94. The van der Waals surface area contributed by atoms with Crippen molar-refractivity contribution in [2.24, 2.45) is 0 Å². The summed E-state index contributed by atoms with van der Waals surface area (Å²) < 4.78 is 0. The Morgan fingerprint density at radius 3 is 2.10 bits per heavy atom. The highest BCUT2D eigenvalue weighted by Crippen LogP contribution is 2.33.